The molecule has 1 aliphatic rings. The SMILES string of the molecule is CCc1ccc(NC[C@H](CCCNC(N)=O)NC(=O)C(NC(=O)CCCCCN2C(=O)CC(SC)C2=O)C(C)C)cc1. The van der Waals surface area contributed by atoms with Gasteiger partial charge >= 0.3 is 6.03 Å². The molecule has 6 amide bonds. The maximum atomic E-state index is 13.3. The third-order valence-electron chi connectivity index (χ3n) is 7.33. The number of primary amides is 1. The summed E-state index contributed by atoms with van der Waals surface area (Å²) in [6.45, 7) is 7.12. The van der Waals surface area contributed by atoms with E-state index in [0.717, 1.165) is 12.1 Å². The lowest BCUT2D eigenvalue weighted by atomic mass is 10.0. The predicted molar refractivity (Wildman–Crippen MR) is 167 cm³/mol. The fourth-order valence-electron chi connectivity index (χ4n) is 4.76. The fourth-order valence-corrected chi connectivity index (χ4v) is 5.40. The van der Waals surface area contributed by atoms with E-state index >= 15 is 0 Å². The Hall–Kier alpha value is -3.28. The van der Waals surface area contributed by atoms with Gasteiger partial charge in [0, 0.05) is 44.2 Å². The van der Waals surface area contributed by atoms with E-state index < -0.39 is 12.1 Å². The Morgan fingerprint density at radius 1 is 1.05 bits per heavy atom. The van der Waals surface area contributed by atoms with Gasteiger partial charge in [-0.05, 0) is 62.0 Å². The molecule has 1 aliphatic heterocycles. The number of carbonyl (C=O) groups excluding carboxylic acids is 5. The normalized spacial score (nSPS) is 16.3. The van der Waals surface area contributed by atoms with Crippen molar-refractivity contribution in [1.29, 1.82) is 0 Å². The van der Waals surface area contributed by atoms with Crippen molar-refractivity contribution in [3.8, 4) is 0 Å². The van der Waals surface area contributed by atoms with Crippen molar-refractivity contribution in [2.45, 2.75) is 89.5 Å². The molecule has 1 heterocycles. The fraction of sp³-hybridized carbons (Fsp3) is 0.633. The summed E-state index contributed by atoms with van der Waals surface area (Å²) < 4.78 is 0. The number of nitrogens with two attached hydrogens (primary N) is 1. The van der Waals surface area contributed by atoms with E-state index in [0.29, 0.717) is 51.7 Å². The van der Waals surface area contributed by atoms with Gasteiger partial charge in [-0.25, -0.2) is 4.79 Å². The van der Waals surface area contributed by atoms with Crippen LogP contribution in [0, 0.1) is 5.92 Å². The molecule has 6 N–H and O–H groups in total. The van der Waals surface area contributed by atoms with Gasteiger partial charge in [0.15, 0.2) is 0 Å². The van der Waals surface area contributed by atoms with Crippen molar-refractivity contribution >= 4 is 47.1 Å². The predicted octanol–water partition coefficient (Wildman–Crippen LogP) is 2.79. The summed E-state index contributed by atoms with van der Waals surface area (Å²) in [6.07, 6.45) is 6.44. The number of hydrogen-bond acceptors (Lipinski definition) is 7. The van der Waals surface area contributed by atoms with Gasteiger partial charge < -0.3 is 27.0 Å². The molecule has 0 spiro atoms. The number of amides is 6. The summed E-state index contributed by atoms with van der Waals surface area (Å²) in [5.74, 6) is -0.852. The molecule has 2 unspecified atom stereocenters. The number of benzene rings is 1. The molecule has 0 aliphatic carbocycles. The van der Waals surface area contributed by atoms with E-state index in [1.165, 1.54) is 22.2 Å². The molecule has 11 nitrogen and oxygen atoms in total. The van der Waals surface area contributed by atoms with E-state index in [4.69, 9.17) is 5.73 Å². The number of carbonyl (C=O) groups is 5. The lowest BCUT2D eigenvalue weighted by Crippen LogP contribution is -2.53. The first kappa shape index (κ1) is 34.9. The summed E-state index contributed by atoms with van der Waals surface area (Å²) in [5.41, 5.74) is 7.34. The van der Waals surface area contributed by atoms with Crippen molar-refractivity contribution in [2.75, 3.05) is 31.2 Å². The zero-order valence-electron chi connectivity index (χ0n) is 25.4. The summed E-state index contributed by atoms with van der Waals surface area (Å²) in [7, 11) is 0. The highest BCUT2D eigenvalue weighted by molar-refractivity contribution is 8.00. The lowest BCUT2D eigenvalue weighted by molar-refractivity contribution is -0.138. The molecule has 0 saturated carbocycles. The number of likely N-dealkylation sites (tertiary alicyclic amines) is 1. The van der Waals surface area contributed by atoms with Gasteiger partial charge in [-0.15, -0.1) is 0 Å². The second-order valence-corrected chi connectivity index (χ2v) is 12.0. The van der Waals surface area contributed by atoms with Crippen LogP contribution in [-0.2, 0) is 25.6 Å². The molecule has 234 valence electrons. The minimum Gasteiger partial charge on any atom is -0.383 e. The summed E-state index contributed by atoms with van der Waals surface area (Å²) >= 11 is 1.40. The highest BCUT2D eigenvalue weighted by Gasteiger charge is 2.37. The van der Waals surface area contributed by atoms with Crippen molar-refractivity contribution in [3.63, 3.8) is 0 Å². The van der Waals surface area contributed by atoms with Crippen LogP contribution in [0.4, 0.5) is 10.5 Å². The van der Waals surface area contributed by atoms with Gasteiger partial charge in [-0.2, -0.15) is 11.8 Å². The Bertz CT molecular complexity index is 1050. The molecule has 12 heteroatoms. The van der Waals surface area contributed by atoms with Crippen molar-refractivity contribution in [3.05, 3.63) is 29.8 Å². The molecular weight excluding hydrogens is 556 g/mol. The van der Waals surface area contributed by atoms with Crippen LogP contribution in [0.2, 0.25) is 0 Å². The van der Waals surface area contributed by atoms with E-state index in [-0.39, 0.29) is 53.7 Å². The van der Waals surface area contributed by atoms with Crippen LogP contribution in [0.5, 0.6) is 0 Å². The molecule has 0 bridgehead atoms. The van der Waals surface area contributed by atoms with Crippen molar-refractivity contribution in [2.24, 2.45) is 11.7 Å². The van der Waals surface area contributed by atoms with Crippen LogP contribution < -0.4 is 27.0 Å². The standard InChI is InChI=1S/C30H48N6O5S/c1-5-21-12-14-22(15-13-21)33-19-23(10-9-16-32-30(31)41)34-28(39)27(20(2)3)35-25(37)11-7-6-8-17-36-26(38)18-24(42-4)29(36)40/h12-15,20,23-24,27,33H,5-11,16-19H2,1-4H3,(H,34,39)(H,35,37)(H3,31,32,41)/t23-,24?,27?/m0/s1. The largest absolute Gasteiger partial charge is 0.383 e. The third-order valence-corrected chi connectivity index (χ3v) is 8.27. The number of aryl methyl sites for hydroxylation is 1. The van der Waals surface area contributed by atoms with Gasteiger partial charge in [-0.1, -0.05) is 39.3 Å². The Balaban J connectivity index is 1.85. The first-order valence-corrected chi connectivity index (χ1v) is 16.2. The summed E-state index contributed by atoms with van der Waals surface area (Å²) in [4.78, 5) is 62.7. The molecule has 1 aromatic rings. The number of hydrogen-bond donors (Lipinski definition) is 5. The highest BCUT2D eigenvalue weighted by Crippen LogP contribution is 2.23. The Morgan fingerprint density at radius 3 is 2.36 bits per heavy atom. The van der Waals surface area contributed by atoms with Gasteiger partial charge in [0.05, 0.1) is 5.25 Å². The van der Waals surface area contributed by atoms with Crippen molar-refractivity contribution < 1.29 is 24.0 Å². The summed E-state index contributed by atoms with van der Waals surface area (Å²) in [6, 6.07) is 6.60. The maximum Gasteiger partial charge on any atom is 0.312 e. The van der Waals surface area contributed by atoms with Crippen LogP contribution in [-0.4, -0.2) is 77.8 Å². The van der Waals surface area contributed by atoms with E-state index in [9.17, 15) is 24.0 Å². The average molecular weight is 605 g/mol. The number of thioether (sulfide) groups is 1. The summed E-state index contributed by atoms with van der Waals surface area (Å²) in [5, 5.41) is 11.6. The molecular formula is C30H48N6O5S. The highest BCUT2D eigenvalue weighted by atomic mass is 32.2. The third kappa shape index (κ3) is 11.9. The number of nitrogens with zero attached hydrogens (tertiary/aromatic N) is 1. The Morgan fingerprint density at radius 2 is 1.76 bits per heavy atom. The Labute approximate surface area is 253 Å². The number of rotatable bonds is 19. The molecule has 1 saturated heterocycles. The minimum absolute atomic E-state index is 0.122. The maximum absolute atomic E-state index is 13.3. The number of imide groups is 1. The van der Waals surface area contributed by atoms with Gasteiger partial charge in [0.1, 0.15) is 6.04 Å². The topological polar surface area (TPSA) is 163 Å². The number of unbranched alkanes of at least 4 members (excludes halogenated alkanes) is 2. The van der Waals surface area contributed by atoms with Gasteiger partial charge in [0.25, 0.3) is 0 Å². The zero-order valence-corrected chi connectivity index (χ0v) is 26.2. The quantitative estimate of drug-likeness (QED) is 0.120. The van der Waals surface area contributed by atoms with Crippen LogP contribution in [0.25, 0.3) is 0 Å². The van der Waals surface area contributed by atoms with Crippen molar-refractivity contribution in [1.82, 2.24) is 20.9 Å². The van der Waals surface area contributed by atoms with E-state index in [2.05, 4.69) is 40.3 Å². The molecule has 42 heavy (non-hydrogen) atoms. The molecule has 0 aromatic heterocycles. The first-order chi connectivity index (χ1) is 20.0. The van der Waals surface area contributed by atoms with Crippen LogP contribution in [0.3, 0.4) is 0 Å². The van der Waals surface area contributed by atoms with Gasteiger partial charge in [0.2, 0.25) is 23.6 Å². The number of urea groups is 1. The zero-order chi connectivity index (χ0) is 31.1. The van der Waals surface area contributed by atoms with Crippen LogP contribution in [0.15, 0.2) is 24.3 Å². The second kappa shape index (κ2) is 18.3. The van der Waals surface area contributed by atoms with Gasteiger partial charge in [-0.3, -0.25) is 24.1 Å². The Kier molecular flexibility index (Phi) is 15.2. The van der Waals surface area contributed by atoms with Crippen LogP contribution >= 0.6 is 11.8 Å². The van der Waals surface area contributed by atoms with Crippen LogP contribution in [0.1, 0.15) is 71.3 Å². The van der Waals surface area contributed by atoms with E-state index in [1.807, 2.05) is 32.2 Å². The molecule has 1 aromatic carbocycles. The lowest BCUT2D eigenvalue weighted by Gasteiger charge is -2.26. The minimum atomic E-state index is -0.698. The molecule has 0 radical (unpaired) electrons. The molecule has 2 rings (SSSR count). The number of nitrogens with one attached hydrogen (secondary N) is 4. The first-order valence-electron chi connectivity index (χ1n) is 14.9. The van der Waals surface area contributed by atoms with E-state index in [1.54, 1.807) is 0 Å². The monoisotopic (exact) mass is 604 g/mol. The average Bonchev–Trinajstić information content (AvgIpc) is 3.24. The second-order valence-electron chi connectivity index (χ2n) is 11.0. The number of anilines is 1. The smallest absolute Gasteiger partial charge is 0.312 e. The molecule has 3 atom stereocenters. The molecule has 1 fully saturated rings.